The normalized spacial score (nSPS) is 13.4. The maximum absolute atomic E-state index is 5.92. The van der Waals surface area contributed by atoms with E-state index in [1.807, 2.05) is 11.6 Å². The molecule has 0 aliphatic heterocycles. The summed E-state index contributed by atoms with van der Waals surface area (Å²) in [7, 11) is 0. The highest BCUT2D eigenvalue weighted by molar-refractivity contribution is 7.09. The minimum absolute atomic E-state index is 0.256. The molecule has 1 aromatic heterocycles. The molecular weight excluding hydrogens is 166 g/mol. The van der Waals surface area contributed by atoms with Crippen LogP contribution in [-0.2, 0) is 6.42 Å². The van der Waals surface area contributed by atoms with Gasteiger partial charge in [-0.1, -0.05) is 6.92 Å². The third kappa shape index (κ3) is 2.27. The second-order valence-electron chi connectivity index (χ2n) is 2.14. The van der Waals surface area contributed by atoms with Crippen LogP contribution in [0.4, 0.5) is 0 Å². The van der Waals surface area contributed by atoms with Crippen LogP contribution in [0.2, 0.25) is 0 Å². The Balaban J connectivity index is 2.40. The number of nitrogens with zero attached hydrogens (tertiary/aromatic N) is 1. The van der Waals surface area contributed by atoms with Gasteiger partial charge in [0.15, 0.2) is 0 Å². The van der Waals surface area contributed by atoms with E-state index in [9.17, 15) is 0 Å². The lowest BCUT2D eigenvalue weighted by Crippen LogP contribution is -1.99. The summed E-state index contributed by atoms with van der Waals surface area (Å²) < 4.78 is 0. The van der Waals surface area contributed by atoms with E-state index in [4.69, 9.17) is 11.6 Å². The Bertz CT molecular complexity index is 174. The van der Waals surface area contributed by atoms with Crippen LogP contribution in [0.1, 0.15) is 18.4 Å². The summed E-state index contributed by atoms with van der Waals surface area (Å²) in [6.45, 7) is 2.09. The molecule has 0 fully saturated rings. The molecule has 3 heteroatoms. The fourth-order valence-corrected chi connectivity index (χ4v) is 1.62. The van der Waals surface area contributed by atoms with Crippen LogP contribution < -0.4 is 0 Å². The van der Waals surface area contributed by atoms with Gasteiger partial charge in [-0.15, -0.1) is 22.9 Å². The Morgan fingerprint density at radius 3 is 3.10 bits per heavy atom. The van der Waals surface area contributed by atoms with Crippen molar-refractivity contribution < 1.29 is 0 Å². The molecule has 0 saturated heterocycles. The zero-order valence-electron chi connectivity index (χ0n) is 5.88. The summed E-state index contributed by atoms with van der Waals surface area (Å²) in [5, 5.41) is 3.38. The highest BCUT2D eigenvalue weighted by atomic mass is 35.5. The second-order valence-corrected chi connectivity index (χ2v) is 3.73. The monoisotopic (exact) mass is 175 g/mol. The third-order valence-electron chi connectivity index (χ3n) is 1.32. The zero-order chi connectivity index (χ0) is 7.40. The molecule has 56 valence electrons. The molecule has 0 N–H and O–H groups in total. The van der Waals surface area contributed by atoms with Gasteiger partial charge in [-0.25, -0.2) is 4.98 Å². The first-order valence-corrected chi connectivity index (χ1v) is 4.67. The molecule has 1 aromatic rings. The highest BCUT2D eigenvalue weighted by Crippen LogP contribution is 2.12. The van der Waals surface area contributed by atoms with Gasteiger partial charge in [0.1, 0.15) is 0 Å². The maximum atomic E-state index is 5.92. The van der Waals surface area contributed by atoms with E-state index in [1.165, 1.54) is 0 Å². The van der Waals surface area contributed by atoms with Crippen LogP contribution in [0.3, 0.4) is 0 Å². The molecule has 10 heavy (non-hydrogen) atoms. The fourth-order valence-electron chi connectivity index (χ4n) is 0.688. The van der Waals surface area contributed by atoms with Crippen molar-refractivity contribution in [2.75, 3.05) is 0 Å². The SMILES string of the molecule is CCC(Cl)Cc1nccs1. The number of hydrogen-bond donors (Lipinski definition) is 0. The van der Waals surface area contributed by atoms with Crippen LogP contribution in [0.15, 0.2) is 11.6 Å². The Labute approximate surface area is 70.1 Å². The second kappa shape index (κ2) is 3.94. The van der Waals surface area contributed by atoms with Crippen LogP contribution in [0.5, 0.6) is 0 Å². The van der Waals surface area contributed by atoms with Gasteiger partial charge in [0.25, 0.3) is 0 Å². The molecule has 1 atom stereocenters. The topological polar surface area (TPSA) is 12.9 Å². The lowest BCUT2D eigenvalue weighted by molar-refractivity contribution is 0.800. The van der Waals surface area contributed by atoms with Gasteiger partial charge in [0, 0.05) is 23.4 Å². The van der Waals surface area contributed by atoms with Gasteiger partial charge < -0.3 is 0 Å². The zero-order valence-corrected chi connectivity index (χ0v) is 7.45. The molecular formula is C7H10ClNS. The summed E-state index contributed by atoms with van der Waals surface area (Å²) in [5.74, 6) is 0. The summed E-state index contributed by atoms with van der Waals surface area (Å²) in [5.41, 5.74) is 0. The molecule has 0 saturated carbocycles. The fraction of sp³-hybridized carbons (Fsp3) is 0.571. The third-order valence-corrected chi connectivity index (χ3v) is 2.59. The van der Waals surface area contributed by atoms with Crippen molar-refractivity contribution in [2.24, 2.45) is 0 Å². The van der Waals surface area contributed by atoms with E-state index in [2.05, 4.69) is 11.9 Å². The average molecular weight is 176 g/mol. The molecule has 1 unspecified atom stereocenters. The summed E-state index contributed by atoms with van der Waals surface area (Å²) in [4.78, 5) is 4.14. The van der Waals surface area contributed by atoms with Gasteiger partial charge in [-0.2, -0.15) is 0 Å². The molecule has 0 radical (unpaired) electrons. The first-order valence-electron chi connectivity index (χ1n) is 3.35. The van der Waals surface area contributed by atoms with E-state index >= 15 is 0 Å². The molecule has 1 rings (SSSR count). The van der Waals surface area contributed by atoms with Gasteiger partial charge in [0.2, 0.25) is 0 Å². The lowest BCUT2D eigenvalue weighted by atomic mass is 10.2. The van der Waals surface area contributed by atoms with Crippen molar-refractivity contribution in [1.29, 1.82) is 0 Å². The number of hydrogen-bond acceptors (Lipinski definition) is 2. The van der Waals surface area contributed by atoms with Gasteiger partial charge in [0.05, 0.1) is 5.01 Å². The van der Waals surface area contributed by atoms with Crippen molar-refractivity contribution >= 4 is 22.9 Å². The van der Waals surface area contributed by atoms with Gasteiger partial charge in [-0.05, 0) is 6.42 Å². The standard InChI is InChI=1S/C7H10ClNS/c1-2-6(8)5-7-9-3-4-10-7/h3-4,6H,2,5H2,1H3. The number of aromatic nitrogens is 1. The summed E-state index contributed by atoms with van der Waals surface area (Å²) in [6.07, 6.45) is 3.75. The Morgan fingerprint density at radius 2 is 2.60 bits per heavy atom. The molecule has 0 aromatic carbocycles. The van der Waals surface area contributed by atoms with Crippen LogP contribution in [0, 0.1) is 0 Å². The van der Waals surface area contributed by atoms with E-state index in [0.29, 0.717) is 0 Å². The van der Waals surface area contributed by atoms with Crippen molar-refractivity contribution in [1.82, 2.24) is 4.98 Å². The minimum Gasteiger partial charge on any atom is -0.250 e. The van der Waals surface area contributed by atoms with Crippen LogP contribution in [0.25, 0.3) is 0 Å². The molecule has 0 amide bonds. The first-order chi connectivity index (χ1) is 4.83. The molecule has 0 spiro atoms. The smallest absolute Gasteiger partial charge is 0.0939 e. The molecule has 0 aliphatic carbocycles. The van der Waals surface area contributed by atoms with Crippen LogP contribution >= 0.6 is 22.9 Å². The van der Waals surface area contributed by atoms with Gasteiger partial charge >= 0.3 is 0 Å². The molecule has 1 nitrogen and oxygen atoms in total. The molecule has 1 heterocycles. The number of thiazole rings is 1. The van der Waals surface area contributed by atoms with E-state index < -0.39 is 0 Å². The Morgan fingerprint density at radius 1 is 1.80 bits per heavy atom. The highest BCUT2D eigenvalue weighted by Gasteiger charge is 2.03. The average Bonchev–Trinajstić information content (AvgIpc) is 2.40. The predicted molar refractivity (Wildman–Crippen MR) is 45.8 cm³/mol. The van der Waals surface area contributed by atoms with E-state index in [-0.39, 0.29) is 5.38 Å². The van der Waals surface area contributed by atoms with Crippen molar-refractivity contribution in [3.8, 4) is 0 Å². The lowest BCUT2D eigenvalue weighted by Gasteiger charge is -2.00. The van der Waals surface area contributed by atoms with Gasteiger partial charge in [-0.3, -0.25) is 0 Å². The summed E-state index contributed by atoms with van der Waals surface area (Å²) >= 11 is 7.59. The number of rotatable bonds is 3. The Hall–Kier alpha value is -0.0800. The molecule has 0 bridgehead atoms. The molecule has 0 aliphatic rings. The van der Waals surface area contributed by atoms with Crippen molar-refractivity contribution in [3.63, 3.8) is 0 Å². The summed E-state index contributed by atoms with van der Waals surface area (Å²) in [6, 6.07) is 0. The predicted octanol–water partition coefficient (Wildman–Crippen LogP) is 2.70. The van der Waals surface area contributed by atoms with Crippen molar-refractivity contribution in [3.05, 3.63) is 16.6 Å². The maximum Gasteiger partial charge on any atom is 0.0939 e. The number of halogens is 1. The minimum atomic E-state index is 0.256. The van der Waals surface area contributed by atoms with Crippen molar-refractivity contribution in [2.45, 2.75) is 25.1 Å². The Kier molecular flexibility index (Phi) is 3.16. The van der Waals surface area contributed by atoms with Crippen LogP contribution in [-0.4, -0.2) is 10.4 Å². The number of alkyl halides is 1. The van der Waals surface area contributed by atoms with E-state index in [0.717, 1.165) is 17.8 Å². The quantitative estimate of drug-likeness (QED) is 0.644. The largest absolute Gasteiger partial charge is 0.250 e. The van der Waals surface area contributed by atoms with E-state index in [1.54, 1.807) is 11.3 Å². The first kappa shape index (κ1) is 8.02.